The lowest BCUT2D eigenvalue weighted by Gasteiger charge is -2.33. The number of nitrogens with one attached hydrogen (secondary N) is 1. The van der Waals surface area contributed by atoms with Crippen molar-refractivity contribution in [3.8, 4) is 5.75 Å². The Hall–Kier alpha value is -3.46. The molecule has 2 N–H and O–H groups in total. The number of hydrogen-bond donors (Lipinski definition) is 2. The summed E-state index contributed by atoms with van der Waals surface area (Å²) in [5, 5.41) is 17.6. The lowest BCUT2D eigenvalue weighted by atomic mass is 9.94. The summed E-state index contributed by atoms with van der Waals surface area (Å²) in [7, 11) is 0. The Morgan fingerprint density at radius 3 is 2.88 bits per heavy atom. The van der Waals surface area contributed by atoms with Crippen LogP contribution in [0.5, 0.6) is 5.75 Å². The molecule has 0 saturated carbocycles. The van der Waals surface area contributed by atoms with E-state index in [0.717, 1.165) is 52.1 Å². The molecule has 1 atom stereocenters. The molecule has 0 bridgehead atoms. The molecule has 1 unspecified atom stereocenters. The number of hydrogen-bond acceptors (Lipinski definition) is 6. The monoisotopic (exact) mass is 520 g/mol. The van der Waals surface area contributed by atoms with Crippen molar-refractivity contribution < 1.29 is 9.90 Å². The minimum absolute atomic E-state index is 0.0665. The highest BCUT2D eigenvalue weighted by Gasteiger charge is 2.27. The van der Waals surface area contributed by atoms with Gasteiger partial charge in [0.05, 0.1) is 22.8 Å². The van der Waals surface area contributed by atoms with Gasteiger partial charge in [-0.3, -0.25) is 9.78 Å². The average molecular weight is 521 g/mol. The van der Waals surface area contributed by atoms with Crippen LogP contribution in [0.25, 0.3) is 5.65 Å². The van der Waals surface area contributed by atoms with Gasteiger partial charge < -0.3 is 15.3 Å². The highest BCUT2D eigenvalue weighted by Crippen LogP contribution is 2.30. The van der Waals surface area contributed by atoms with Crippen molar-refractivity contribution in [3.63, 3.8) is 0 Å². The fourth-order valence-electron chi connectivity index (χ4n) is 4.38. The molecule has 4 heterocycles. The first kappa shape index (κ1) is 22.3. The van der Waals surface area contributed by atoms with Crippen LogP contribution in [-0.4, -0.2) is 48.6 Å². The number of aromatic nitrogens is 4. The second-order valence-electron chi connectivity index (χ2n) is 8.53. The first-order valence-electron chi connectivity index (χ1n) is 11.3. The maximum atomic E-state index is 13.0. The molecule has 1 aromatic carbocycles. The van der Waals surface area contributed by atoms with Crippen LogP contribution in [0, 0.1) is 0 Å². The minimum atomic E-state index is 0.0665. The summed E-state index contributed by atoms with van der Waals surface area (Å²) in [5.41, 5.74) is 3.57. The molecule has 34 heavy (non-hydrogen) atoms. The van der Waals surface area contributed by atoms with E-state index in [-0.39, 0.29) is 24.0 Å². The smallest absolute Gasteiger partial charge is 0.227 e. The summed E-state index contributed by atoms with van der Waals surface area (Å²) in [4.78, 5) is 24.0. The molecule has 1 fully saturated rings. The topological polar surface area (TPSA) is 95.7 Å². The number of pyridine rings is 1. The summed E-state index contributed by atoms with van der Waals surface area (Å²) in [6.45, 7) is 1.97. The first-order valence-corrected chi connectivity index (χ1v) is 12.1. The van der Waals surface area contributed by atoms with Gasteiger partial charge >= 0.3 is 0 Å². The molecule has 9 heteroatoms. The molecule has 1 saturated heterocycles. The molecular formula is C25H25BrN6O2. The number of phenolic OH excluding ortho intramolecular Hbond substituents is 1. The van der Waals surface area contributed by atoms with E-state index in [1.807, 2.05) is 35.4 Å². The van der Waals surface area contributed by atoms with Crippen LogP contribution in [0.4, 0.5) is 5.82 Å². The molecule has 5 rings (SSSR count). The quantitative estimate of drug-likeness (QED) is 0.396. The number of rotatable bonds is 6. The molecule has 1 aliphatic rings. The third kappa shape index (κ3) is 4.89. The zero-order valence-corrected chi connectivity index (χ0v) is 20.1. The third-order valence-corrected chi connectivity index (χ3v) is 6.66. The van der Waals surface area contributed by atoms with Gasteiger partial charge in [0.15, 0.2) is 5.65 Å². The van der Waals surface area contributed by atoms with E-state index in [1.54, 1.807) is 35.1 Å². The lowest BCUT2D eigenvalue weighted by Crippen LogP contribution is -2.40. The summed E-state index contributed by atoms with van der Waals surface area (Å²) in [6, 6.07) is 12.9. The van der Waals surface area contributed by atoms with Gasteiger partial charge in [-0.15, -0.1) is 0 Å². The predicted molar refractivity (Wildman–Crippen MR) is 133 cm³/mol. The molecule has 1 aliphatic heterocycles. The first-order chi connectivity index (χ1) is 16.6. The van der Waals surface area contributed by atoms with Gasteiger partial charge in [0, 0.05) is 44.0 Å². The van der Waals surface area contributed by atoms with Crippen molar-refractivity contribution in [2.45, 2.75) is 31.7 Å². The van der Waals surface area contributed by atoms with Crippen LogP contribution in [0.15, 0.2) is 65.5 Å². The molecule has 4 aromatic rings. The number of aromatic hydroxyl groups is 1. The number of likely N-dealkylation sites (tertiary alicyclic amines) is 1. The van der Waals surface area contributed by atoms with Crippen molar-refractivity contribution in [1.29, 1.82) is 0 Å². The number of amides is 1. The van der Waals surface area contributed by atoms with E-state index in [2.05, 4.69) is 31.3 Å². The Morgan fingerprint density at radius 2 is 2.06 bits per heavy atom. The average Bonchev–Trinajstić information content (AvgIpc) is 3.24. The second-order valence-corrected chi connectivity index (χ2v) is 9.39. The zero-order chi connectivity index (χ0) is 23.5. The van der Waals surface area contributed by atoms with Gasteiger partial charge in [-0.2, -0.15) is 9.61 Å². The number of nitrogens with zero attached hydrogens (tertiary/aromatic N) is 5. The number of piperidine rings is 1. The lowest BCUT2D eigenvalue weighted by molar-refractivity contribution is -0.131. The number of carbonyl (C=O) groups is 1. The van der Waals surface area contributed by atoms with Crippen molar-refractivity contribution in [1.82, 2.24) is 24.5 Å². The van der Waals surface area contributed by atoms with Gasteiger partial charge in [-0.25, -0.2) is 4.98 Å². The van der Waals surface area contributed by atoms with Gasteiger partial charge in [0.1, 0.15) is 11.6 Å². The molecule has 174 valence electrons. The maximum absolute atomic E-state index is 13.0. The van der Waals surface area contributed by atoms with Crippen molar-refractivity contribution >= 4 is 33.3 Å². The normalized spacial score (nSPS) is 16.0. The Balaban J connectivity index is 1.36. The maximum Gasteiger partial charge on any atom is 0.227 e. The van der Waals surface area contributed by atoms with Crippen LogP contribution >= 0.6 is 15.9 Å². The number of benzene rings is 1. The Kier molecular flexibility index (Phi) is 6.44. The summed E-state index contributed by atoms with van der Waals surface area (Å²) in [6.07, 6.45) is 7.50. The second kappa shape index (κ2) is 9.80. The highest BCUT2D eigenvalue weighted by molar-refractivity contribution is 9.10. The highest BCUT2D eigenvalue weighted by atomic mass is 79.9. The Labute approximate surface area is 205 Å². The van der Waals surface area contributed by atoms with Gasteiger partial charge in [-0.1, -0.05) is 18.2 Å². The van der Waals surface area contributed by atoms with Crippen LogP contribution in [0.2, 0.25) is 0 Å². The fourth-order valence-corrected chi connectivity index (χ4v) is 4.73. The molecule has 0 spiro atoms. The largest absolute Gasteiger partial charge is 0.508 e. The summed E-state index contributed by atoms with van der Waals surface area (Å²) >= 11 is 3.56. The van der Waals surface area contributed by atoms with Crippen molar-refractivity contribution in [3.05, 3.63) is 82.3 Å². The van der Waals surface area contributed by atoms with E-state index in [0.29, 0.717) is 13.1 Å². The van der Waals surface area contributed by atoms with E-state index in [1.165, 1.54) is 0 Å². The van der Waals surface area contributed by atoms with Gasteiger partial charge in [0.25, 0.3) is 0 Å². The molecule has 3 aromatic heterocycles. The molecule has 1 amide bonds. The van der Waals surface area contributed by atoms with Crippen LogP contribution in [-0.2, 0) is 17.8 Å². The molecule has 0 radical (unpaired) electrons. The number of anilines is 1. The minimum Gasteiger partial charge on any atom is -0.508 e. The third-order valence-electron chi connectivity index (χ3n) is 6.10. The molecule has 8 nitrogen and oxygen atoms in total. The van der Waals surface area contributed by atoms with Crippen LogP contribution in [0.1, 0.15) is 35.6 Å². The summed E-state index contributed by atoms with van der Waals surface area (Å²) in [5.74, 6) is 1.22. The van der Waals surface area contributed by atoms with Gasteiger partial charge in [-0.05, 0) is 58.1 Å². The fraction of sp³-hybridized carbons (Fsp3) is 0.280. The van der Waals surface area contributed by atoms with Crippen molar-refractivity contribution in [2.24, 2.45) is 0 Å². The predicted octanol–water partition coefficient (Wildman–Crippen LogP) is 4.15. The van der Waals surface area contributed by atoms with E-state index in [9.17, 15) is 9.90 Å². The van der Waals surface area contributed by atoms with Gasteiger partial charge in [0.2, 0.25) is 5.91 Å². The standard InChI is InChI=1S/C25H25BrN6O2/c26-21-15-29-32-23(28-14-18-5-2-8-27-13-18)12-22(30-25(21)32)19-6-3-9-31(16-19)24(34)11-17-4-1-7-20(33)10-17/h1-2,4-5,7-8,10,12-13,15,19,28,33H,3,6,9,11,14,16H2. The number of fused-ring (bicyclic) bond motifs is 1. The summed E-state index contributed by atoms with van der Waals surface area (Å²) < 4.78 is 2.61. The van der Waals surface area contributed by atoms with Crippen LogP contribution < -0.4 is 5.32 Å². The number of halogens is 1. The number of phenols is 1. The SMILES string of the molecule is O=C(Cc1cccc(O)c1)N1CCCC(c2cc(NCc3cccnc3)n3ncc(Br)c3n2)C1. The van der Waals surface area contributed by atoms with Crippen molar-refractivity contribution in [2.75, 3.05) is 18.4 Å². The number of carbonyl (C=O) groups excluding carboxylic acids is 1. The van der Waals surface area contributed by atoms with E-state index >= 15 is 0 Å². The zero-order valence-electron chi connectivity index (χ0n) is 18.6. The Morgan fingerprint density at radius 1 is 1.18 bits per heavy atom. The van der Waals surface area contributed by atoms with E-state index < -0.39 is 0 Å². The molecular weight excluding hydrogens is 496 g/mol. The molecule has 0 aliphatic carbocycles. The van der Waals surface area contributed by atoms with Crippen LogP contribution in [0.3, 0.4) is 0 Å². The van der Waals surface area contributed by atoms with E-state index in [4.69, 9.17) is 4.98 Å². The Bertz CT molecular complexity index is 1310.